The number of guanidine groups is 1. The standard InChI is InChI=1S/C28H27N3O2/c1-32-26-15-8-16-27(33-2)24(26)19-31-18-22-10-4-6-14-25(22)30-28(31)29-17-21-12-7-11-20-9-3-5-13-23(20)21/h3-16H,17-19H2,1-2H3,(H,29,30). The number of hydrogen-bond donors (Lipinski definition) is 1. The molecule has 0 aromatic heterocycles. The van der Waals surface area contributed by atoms with E-state index in [-0.39, 0.29) is 0 Å². The third-order valence-corrected chi connectivity index (χ3v) is 6.07. The first-order chi connectivity index (χ1) is 16.3. The normalized spacial score (nSPS) is 12.8. The number of nitrogens with one attached hydrogen (secondary N) is 1. The maximum Gasteiger partial charge on any atom is 0.200 e. The van der Waals surface area contributed by atoms with Gasteiger partial charge in [0.25, 0.3) is 0 Å². The van der Waals surface area contributed by atoms with Crippen LogP contribution in [0.25, 0.3) is 10.8 Å². The highest BCUT2D eigenvalue weighted by Crippen LogP contribution is 2.33. The summed E-state index contributed by atoms with van der Waals surface area (Å²) in [6, 6.07) is 29.1. The van der Waals surface area contributed by atoms with Gasteiger partial charge in [-0.3, -0.25) is 0 Å². The van der Waals surface area contributed by atoms with Crippen LogP contribution in [0.3, 0.4) is 0 Å². The van der Waals surface area contributed by atoms with E-state index in [1.54, 1.807) is 14.2 Å². The molecule has 5 nitrogen and oxygen atoms in total. The minimum atomic E-state index is 0.614. The van der Waals surface area contributed by atoms with Crippen LogP contribution in [0.1, 0.15) is 16.7 Å². The summed E-state index contributed by atoms with van der Waals surface area (Å²) < 4.78 is 11.3. The van der Waals surface area contributed by atoms with E-state index in [4.69, 9.17) is 14.5 Å². The Morgan fingerprint density at radius 3 is 2.33 bits per heavy atom. The maximum atomic E-state index is 5.64. The number of hydrogen-bond acceptors (Lipinski definition) is 5. The van der Waals surface area contributed by atoms with Gasteiger partial charge in [-0.2, -0.15) is 0 Å². The third-order valence-electron chi connectivity index (χ3n) is 6.07. The predicted molar refractivity (Wildman–Crippen MR) is 133 cm³/mol. The Morgan fingerprint density at radius 1 is 0.818 bits per heavy atom. The zero-order valence-electron chi connectivity index (χ0n) is 18.9. The summed E-state index contributed by atoms with van der Waals surface area (Å²) in [7, 11) is 3.38. The monoisotopic (exact) mass is 437 g/mol. The van der Waals surface area contributed by atoms with Crippen LogP contribution >= 0.6 is 0 Å². The number of methoxy groups -OCH3 is 2. The third kappa shape index (κ3) is 4.22. The Morgan fingerprint density at radius 2 is 1.52 bits per heavy atom. The number of aliphatic imine (C=N–C) groups is 1. The van der Waals surface area contributed by atoms with E-state index >= 15 is 0 Å². The lowest BCUT2D eigenvalue weighted by Crippen LogP contribution is -2.41. The van der Waals surface area contributed by atoms with Crippen molar-refractivity contribution < 1.29 is 9.47 Å². The second-order valence-corrected chi connectivity index (χ2v) is 8.05. The number of para-hydroxylation sites is 1. The first kappa shape index (κ1) is 20.9. The molecule has 0 saturated carbocycles. The Bertz CT molecular complexity index is 1290. The van der Waals surface area contributed by atoms with Gasteiger partial charge in [0.2, 0.25) is 0 Å². The van der Waals surface area contributed by atoms with Gasteiger partial charge < -0.3 is 19.7 Å². The largest absolute Gasteiger partial charge is 0.496 e. The van der Waals surface area contributed by atoms with Crippen molar-refractivity contribution in [1.82, 2.24) is 10.2 Å². The molecule has 33 heavy (non-hydrogen) atoms. The second-order valence-electron chi connectivity index (χ2n) is 8.05. The summed E-state index contributed by atoms with van der Waals surface area (Å²) in [5.41, 5.74) is 4.44. The highest BCUT2D eigenvalue weighted by atomic mass is 16.5. The molecule has 1 heterocycles. The SMILES string of the molecule is COc1cccc(OC)c1CN1Cc2ccccc2N=C1NCc1cccc2ccccc12. The van der Waals surface area contributed by atoms with Gasteiger partial charge >= 0.3 is 0 Å². The summed E-state index contributed by atoms with van der Waals surface area (Å²) in [6.45, 7) is 2.05. The fourth-order valence-electron chi connectivity index (χ4n) is 4.40. The van der Waals surface area contributed by atoms with E-state index in [9.17, 15) is 0 Å². The summed E-state index contributed by atoms with van der Waals surface area (Å²) in [6.07, 6.45) is 0. The minimum absolute atomic E-state index is 0.614. The van der Waals surface area contributed by atoms with Crippen LogP contribution in [-0.2, 0) is 19.6 Å². The molecule has 166 valence electrons. The average Bonchev–Trinajstić information content (AvgIpc) is 2.87. The molecule has 1 aliphatic rings. The lowest BCUT2D eigenvalue weighted by Gasteiger charge is -2.32. The molecule has 0 unspecified atom stereocenters. The summed E-state index contributed by atoms with van der Waals surface area (Å²) in [5.74, 6) is 2.46. The minimum Gasteiger partial charge on any atom is -0.496 e. The molecule has 4 aromatic rings. The van der Waals surface area contributed by atoms with Crippen molar-refractivity contribution in [3.63, 3.8) is 0 Å². The van der Waals surface area contributed by atoms with Gasteiger partial charge in [0, 0.05) is 13.1 Å². The zero-order valence-corrected chi connectivity index (χ0v) is 18.9. The molecule has 5 rings (SSSR count). The summed E-state index contributed by atoms with van der Waals surface area (Å²) in [5, 5.41) is 6.10. The van der Waals surface area contributed by atoms with Crippen molar-refractivity contribution in [3.05, 3.63) is 102 Å². The average molecular weight is 438 g/mol. The van der Waals surface area contributed by atoms with Gasteiger partial charge in [-0.15, -0.1) is 0 Å². The molecular weight excluding hydrogens is 410 g/mol. The first-order valence-electron chi connectivity index (χ1n) is 11.1. The zero-order chi connectivity index (χ0) is 22.6. The van der Waals surface area contributed by atoms with Crippen LogP contribution in [0, 0.1) is 0 Å². The molecule has 0 spiro atoms. The smallest absolute Gasteiger partial charge is 0.200 e. The van der Waals surface area contributed by atoms with Gasteiger partial charge in [-0.1, -0.05) is 66.7 Å². The molecule has 4 aromatic carbocycles. The van der Waals surface area contributed by atoms with Gasteiger partial charge in [-0.05, 0) is 40.1 Å². The van der Waals surface area contributed by atoms with Crippen LogP contribution < -0.4 is 14.8 Å². The quantitative estimate of drug-likeness (QED) is 0.423. The Hall–Kier alpha value is -3.99. The van der Waals surface area contributed by atoms with Crippen molar-refractivity contribution in [2.75, 3.05) is 14.2 Å². The number of fused-ring (bicyclic) bond motifs is 2. The lowest BCUT2D eigenvalue weighted by molar-refractivity contribution is 0.343. The van der Waals surface area contributed by atoms with Crippen molar-refractivity contribution in [2.45, 2.75) is 19.6 Å². The molecule has 0 bridgehead atoms. The molecule has 5 heteroatoms. The summed E-state index contributed by atoms with van der Waals surface area (Å²) >= 11 is 0. The first-order valence-corrected chi connectivity index (χ1v) is 11.1. The molecule has 0 amide bonds. The van der Waals surface area contributed by atoms with E-state index in [0.29, 0.717) is 13.1 Å². The van der Waals surface area contributed by atoms with Crippen LogP contribution in [0.15, 0.2) is 89.9 Å². The van der Waals surface area contributed by atoms with E-state index in [1.165, 1.54) is 21.9 Å². The Kier molecular flexibility index (Phi) is 5.85. The van der Waals surface area contributed by atoms with Crippen molar-refractivity contribution in [3.8, 4) is 11.5 Å². The number of benzene rings is 4. The van der Waals surface area contributed by atoms with Gasteiger partial charge in [0.05, 0.1) is 32.0 Å². The molecule has 0 aliphatic carbocycles. The Labute approximate surface area is 194 Å². The van der Waals surface area contributed by atoms with Crippen molar-refractivity contribution >= 4 is 22.4 Å². The van der Waals surface area contributed by atoms with Crippen molar-refractivity contribution in [1.29, 1.82) is 0 Å². The fraction of sp³-hybridized carbons (Fsp3) is 0.179. The van der Waals surface area contributed by atoms with E-state index < -0.39 is 0 Å². The number of rotatable bonds is 6. The number of ether oxygens (including phenoxy) is 2. The van der Waals surface area contributed by atoms with Crippen molar-refractivity contribution in [2.24, 2.45) is 4.99 Å². The fourth-order valence-corrected chi connectivity index (χ4v) is 4.40. The summed E-state index contributed by atoms with van der Waals surface area (Å²) in [4.78, 5) is 7.22. The molecule has 0 radical (unpaired) electrons. The molecule has 0 saturated heterocycles. The highest BCUT2D eigenvalue weighted by molar-refractivity contribution is 5.88. The van der Waals surface area contributed by atoms with Gasteiger partial charge in [0.1, 0.15) is 11.5 Å². The molecule has 1 N–H and O–H groups in total. The van der Waals surface area contributed by atoms with E-state index in [2.05, 4.69) is 70.9 Å². The molecule has 0 fully saturated rings. The highest BCUT2D eigenvalue weighted by Gasteiger charge is 2.23. The van der Waals surface area contributed by atoms with Gasteiger partial charge in [-0.25, -0.2) is 4.99 Å². The topological polar surface area (TPSA) is 46.1 Å². The molecule has 0 atom stereocenters. The van der Waals surface area contributed by atoms with E-state index in [1.807, 2.05) is 24.3 Å². The second kappa shape index (κ2) is 9.25. The van der Waals surface area contributed by atoms with Gasteiger partial charge in [0.15, 0.2) is 5.96 Å². The number of nitrogens with zero attached hydrogens (tertiary/aromatic N) is 2. The maximum absolute atomic E-state index is 5.64. The molecular formula is C28H27N3O2. The van der Waals surface area contributed by atoms with Crippen LogP contribution in [0.4, 0.5) is 5.69 Å². The van der Waals surface area contributed by atoms with Crippen LogP contribution in [0.5, 0.6) is 11.5 Å². The Balaban J connectivity index is 1.47. The molecule has 1 aliphatic heterocycles. The van der Waals surface area contributed by atoms with Crippen LogP contribution in [-0.4, -0.2) is 25.1 Å². The van der Waals surface area contributed by atoms with E-state index in [0.717, 1.165) is 35.3 Å². The lowest BCUT2D eigenvalue weighted by atomic mass is 10.0. The van der Waals surface area contributed by atoms with Crippen LogP contribution in [0.2, 0.25) is 0 Å². The predicted octanol–water partition coefficient (Wildman–Crippen LogP) is 5.65.